The molecule has 0 heterocycles. The van der Waals surface area contributed by atoms with Crippen LogP contribution in [-0.2, 0) is 27.9 Å². The van der Waals surface area contributed by atoms with Gasteiger partial charge in [0.1, 0.15) is 0 Å². The maximum absolute atomic E-state index is 12.5. The van der Waals surface area contributed by atoms with Crippen molar-refractivity contribution >= 4 is 15.9 Å². The van der Waals surface area contributed by atoms with E-state index in [2.05, 4.69) is 5.32 Å². The van der Waals surface area contributed by atoms with Gasteiger partial charge in [-0.3, -0.25) is 4.79 Å². The lowest BCUT2D eigenvalue weighted by atomic mass is 10.1. The van der Waals surface area contributed by atoms with Crippen LogP contribution in [0.1, 0.15) is 35.3 Å². The topological polar surface area (TPSA) is 75.7 Å². The smallest absolute Gasteiger partial charge is 0.251 e. The Bertz CT molecular complexity index is 860. The first-order valence-corrected chi connectivity index (χ1v) is 10.3. The molecule has 27 heavy (non-hydrogen) atoms. The number of carbonyl (C=O) groups is 1. The quantitative estimate of drug-likeness (QED) is 0.714. The molecule has 146 valence electrons. The van der Waals surface area contributed by atoms with E-state index in [0.29, 0.717) is 31.8 Å². The summed E-state index contributed by atoms with van der Waals surface area (Å²) in [5, 5.41) is 2.86. The first-order valence-electron chi connectivity index (χ1n) is 8.88. The molecule has 0 saturated heterocycles. The molecule has 6 nitrogen and oxygen atoms in total. The number of rotatable bonds is 9. The molecular formula is C20H26N2O4S. The summed E-state index contributed by atoms with van der Waals surface area (Å²) in [5.74, 6) is -0.256. The maximum atomic E-state index is 12.5. The summed E-state index contributed by atoms with van der Waals surface area (Å²) >= 11 is 0. The van der Waals surface area contributed by atoms with Crippen LogP contribution in [0, 0.1) is 0 Å². The molecule has 0 fully saturated rings. The summed E-state index contributed by atoms with van der Waals surface area (Å²) < 4.78 is 31.6. The zero-order valence-corrected chi connectivity index (χ0v) is 16.8. The van der Waals surface area contributed by atoms with E-state index >= 15 is 0 Å². The van der Waals surface area contributed by atoms with Crippen LogP contribution in [0.3, 0.4) is 0 Å². The van der Waals surface area contributed by atoms with Crippen LogP contribution in [0.2, 0.25) is 0 Å². The Kier molecular flexibility index (Phi) is 7.53. The maximum Gasteiger partial charge on any atom is 0.251 e. The Balaban J connectivity index is 2.08. The van der Waals surface area contributed by atoms with Gasteiger partial charge >= 0.3 is 0 Å². The molecule has 0 aliphatic heterocycles. The van der Waals surface area contributed by atoms with Gasteiger partial charge in [0.05, 0.1) is 11.5 Å². The Labute approximate surface area is 161 Å². The van der Waals surface area contributed by atoms with E-state index in [4.69, 9.17) is 4.74 Å². The van der Waals surface area contributed by atoms with Crippen LogP contribution < -0.4 is 5.32 Å². The minimum atomic E-state index is -3.52. The number of hydrogen-bond donors (Lipinski definition) is 1. The molecule has 1 amide bonds. The van der Waals surface area contributed by atoms with Crippen LogP contribution in [0.25, 0.3) is 0 Å². The molecule has 2 aromatic carbocycles. The third-order valence-electron chi connectivity index (χ3n) is 4.32. The van der Waals surface area contributed by atoms with Gasteiger partial charge in [0.2, 0.25) is 10.0 Å². The second-order valence-corrected chi connectivity index (χ2v) is 7.94. The highest BCUT2D eigenvalue weighted by molar-refractivity contribution is 7.89. The van der Waals surface area contributed by atoms with Crippen LogP contribution >= 0.6 is 0 Å². The summed E-state index contributed by atoms with van der Waals surface area (Å²) in [5.41, 5.74) is 2.41. The molecule has 0 saturated carbocycles. The molecule has 0 aromatic heterocycles. The van der Waals surface area contributed by atoms with Crippen molar-refractivity contribution < 1.29 is 17.9 Å². The van der Waals surface area contributed by atoms with Crippen LogP contribution in [0.4, 0.5) is 0 Å². The Morgan fingerprint density at radius 1 is 1.00 bits per heavy atom. The summed E-state index contributed by atoms with van der Waals surface area (Å²) in [7, 11) is -1.89. The van der Waals surface area contributed by atoms with Gasteiger partial charge in [-0.05, 0) is 35.4 Å². The third kappa shape index (κ3) is 5.15. The zero-order valence-electron chi connectivity index (χ0n) is 15.9. The highest BCUT2D eigenvalue weighted by atomic mass is 32.2. The number of carbonyl (C=O) groups excluding carboxylic acids is 1. The fourth-order valence-corrected chi connectivity index (χ4v) is 4.25. The molecule has 0 spiro atoms. The molecule has 0 atom stereocenters. The number of nitrogens with zero attached hydrogens (tertiary/aromatic N) is 1. The molecule has 2 aromatic rings. The predicted octanol–water partition coefficient (Wildman–Crippen LogP) is 2.79. The van der Waals surface area contributed by atoms with E-state index in [1.54, 1.807) is 21.0 Å². The lowest BCUT2D eigenvalue weighted by molar-refractivity contribution is 0.0950. The van der Waals surface area contributed by atoms with E-state index in [-0.39, 0.29) is 10.8 Å². The van der Waals surface area contributed by atoms with Crippen molar-refractivity contribution in [2.75, 3.05) is 20.2 Å². The number of amides is 1. The molecular weight excluding hydrogens is 364 g/mol. The van der Waals surface area contributed by atoms with Crippen molar-refractivity contribution in [3.05, 3.63) is 65.2 Å². The fraction of sp³-hybridized carbons (Fsp3) is 0.350. The molecule has 0 aliphatic carbocycles. The van der Waals surface area contributed by atoms with E-state index < -0.39 is 10.0 Å². The Morgan fingerprint density at radius 2 is 1.59 bits per heavy atom. The van der Waals surface area contributed by atoms with Crippen molar-refractivity contribution in [2.24, 2.45) is 0 Å². The van der Waals surface area contributed by atoms with Crippen molar-refractivity contribution in [3.63, 3.8) is 0 Å². The van der Waals surface area contributed by atoms with Crippen LogP contribution in [-0.4, -0.2) is 38.8 Å². The molecule has 1 N–H and O–H groups in total. The van der Waals surface area contributed by atoms with Crippen molar-refractivity contribution in [1.29, 1.82) is 0 Å². The first kappa shape index (κ1) is 21.1. The minimum absolute atomic E-state index is 0.188. The van der Waals surface area contributed by atoms with Crippen LogP contribution in [0.15, 0.2) is 53.4 Å². The summed E-state index contributed by atoms with van der Waals surface area (Å²) in [6.45, 7) is 5.25. The van der Waals surface area contributed by atoms with Gasteiger partial charge in [0, 0.05) is 32.3 Å². The zero-order chi connectivity index (χ0) is 19.9. The molecule has 0 radical (unpaired) electrons. The normalized spacial score (nSPS) is 11.6. The van der Waals surface area contributed by atoms with E-state index in [1.807, 2.05) is 24.3 Å². The van der Waals surface area contributed by atoms with E-state index in [9.17, 15) is 13.2 Å². The van der Waals surface area contributed by atoms with Crippen molar-refractivity contribution in [1.82, 2.24) is 9.62 Å². The highest BCUT2D eigenvalue weighted by Gasteiger charge is 2.21. The Morgan fingerprint density at radius 3 is 2.15 bits per heavy atom. The Hall–Kier alpha value is -2.22. The summed E-state index contributed by atoms with van der Waals surface area (Å²) in [6, 6.07) is 13.7. The SMILES string of the molecule is CCN(CC)S(=O)(=O)c1ccc(C(=O)NCc2ccccc2COC)cc1. The first-order chi connectivity index (χ1) is 12.9. The number of hydrogen-bond acceptors (Lipinski definition) is 4. The summed E-state index contributed by atoms with van der Waals surface area (Å²) in [6.07, 6.45) is 0. The van der Waals surface area contributed by atoms with Gasteiger partial charge in [0.25, 0.3) is 5.91 Å². The number of ether oxygens (including phenoxy) is 1. The molecule has 7 heteroatoms. The van der Waals surface area contributed by atoms with Gasteiger partial charge in [-0.25, -0.2) is 8.42 Å². The number of nitrogens with one attached hydrogen (secondary N) is 1. The van der Waals surface area contributed by atoms with E-state index in [0.717, 1.165) is 11.1 Å². The van der Waals surface area contributed by atoms with Crippen LogP contribution in [0.5, 0.6) is 0 Å². The predicted molar refractivity (Wildman–Crippen MR) is 105 cm³/mol. The molecule has 0 unspecified atom stereocenters. The average Bonchev–Trinajstić information content (AvgIpc) is 2.68. The second kappa shape index (κ2) is 9.64. The van der Waals surface area contributed by atoms with Gasteiger partial charge in [-0.1, -0.05) is 38.1 Å². The second-order valence-electron chi connectivity index (χ2n) is 6.00. The lowest BCUT2D eigenvalue weighted by Gasteiger charge is -2.18. The number of methoxy groups -OCH3 is 1. The number of benzene rings is 2. The number of sulfonamides is 1. The molecule has 2 rings (SSSR count). The van der Waals surface area contributed by atoms with Gasteiger partial charge in [-0.2, -0.15) is 4.31 Å². The van der Waals surface area contributed by atoms with Gasteiger partial charge in [0.15, 0.2) is 0 Å². The highest BCUT2D eigenvalue weighted by Crippen LogP contribution is 2.16. The minimum Gasteiger partial charge on any atom is -0.380 e. The fourth-order valence-electron chi connectivity index (χ4n) is 2.79. The van der Waals surface area contributed by atoms with Crippen molar-refractivity contribution in [2.45, 2.75) is 31.9 Å². The molecule has 0 aliphatic rings. The largest absolute Gasteiger partial charge is 0.380 e. The van der Waals surface area contributed by atoms with Crippen molar-refractivity contribution in [3.8, 4) is 0 Å². The lowest BCUT2D eigenvalue weighted by Crippen LogP contribution is -2.30. The van der Waals surface area contributed by atoms with E-state index in [1.165, 1.54) is 28.6 Å². The standard InChI is InChI=1S/C20H26N2O4S/c1-4-22(5-2)27(24,25)19-12-10-16(11-13-19)20(23)21-14-17-8-6-7-9-18(17)15-26-3/h6-13H,4-5,14-15H2,1-3H3,(H,21,23). The summed E-state index contributed by atoms with van der Waals surface area (Å²) in [4.78, 5) is 12.6. The van der Waals surface area contributed by atoms with Gasteiger partial charge < -0.3 is 10.1 Å². The average molecular weight is 391 g/mol. The van der Waals surface area contributed by atoms with Gasteiger partial charge in [-0.15, -0.1) is 0 Å². The third-order valence-corrected chi connectivity index (χ3v) is 6.38. The molecule has 0 bridgehead atoms. The monoisotopic (exact) mass is 390 g/mol.